The topological polar surface area (TPSA) is 150 Å². The van der Waals surface area contributed by atoms with Gasteiger partial charge in [0.1, 0.15) is 17.7 Å². The number of thiazole rings is 1. The van der Waals surface area contributed by atoms with Crippen molar-refractivity contribution in [2.45, 2.75) is 71.7 Å². The number of β-amino-alcohol motifs (C(OH)–C–C–N with tert-alkyl or cyclic N) is 1. The van der Waals surface area contributed by atoms with Gasteiger partial charge in [-0.1, -0.05) is 57.2 Å². The summed E-state index contributed by atoms with van der Waals surface area (Å²) in [6.45, 7) is 15.1. The number of aryl methyl sites for hydroxylation is 1. The number of anilines is 1. The summed E-state index contributed by atoms with van der Waals surface area (Å²) in [6.07, 6.45) is 5.22. The zero-order chi connectivity index (χ0) is 42.7. The van der Waals surface area contributed by atoms with Crippen LogP contribution in [0.2, 0.25) is 0 Å². The number of nitrogens with zero attached hydrogens (tertiary/aromatic N) is 6. The number of aliphatic hydroxyl groups is 1. The van der Waals surface area contributed by atoms with Gasteiger partial charge < -0.3 is 30.5 Å². The molecule has 3 aliphatic heterocycles. The number of amides is 3. The van der Waals surface area contributed by atoms with Gasteiger partial charge in [0.15, 0.2) is 0 Å². The fourth-order valence-electron chi connectivity index (χ4n) is 9.03. The smallest absolute Gasteiger partial charge is 0.246 e. The van der Waals surface area contributed by atoms with Crippen LogP contribution in [0.15, 0.2) is 78.6 Å². The molecule has 0 spiro atoms. The highest BCUT2D eigenvalue weighted by Gasteiger charge is 2.44. The van der Waals surface area contributed by atoms with Gasteiger partial charge >= 0.3 is 0 Å². The van der Waals surface area contributed by atoms with E-state index in [2.05, 4.69) is 70.6 Å². The second-order valence-electron chi connectivity index (χ2n) is 18.1. The van der Waals surface area contributed by atoms with Crippen LogP contribution in [0.5, 0.6) is 0 Å². The molecule has 2 aromatic carbocycles. The minimum absolute atomic E-state index is 0.0443. The first-order valence-corrected chi connectivity index (χ1v) is 22.5. The molecule has 3 aliphatic rings. The van der Waals surface area contributed by atoms with Crippen molar-refractivity contribution in [3.8, 4) is 21.6 Å². The van der Waals surface area contributed by atoms with E-state index in [0.717, 1.165) is 96.9 Å². The second kappa shape index (κ2) is 18.4. The summed E-state index contributed by atoms with van der Waals surface area (Å²) in [7, 11) is 0. The summed E-state index contributed by atoms with van der Waals surface area (Å²) in [4.78, 5) is 63.1. The maximum atomic E-state index is 14.2. The van der Waals surface area contributed by atoms with E-state index in [0.29, 0.717) is 12.5 Å². The molecular formula is C47H59N9O4S. The SMILES string of the molecule is Cc1ncsc1-c1ccc(CNC(=O)[C@@H]2C[C@@H](O)CN2C(=O)[C@@H](NC(=O)CN2CCC(CN3CCN(c4ccc(-c5cnc6[nH]ccc6c5)cc4)CC3)CC2)C(C)(C)C)cc1. The summed E-state index contributed by atoms with van der Waals surface area (Å²) in [5.41, 5.74) is 8.64. The molecule has 3 fully saturated rings. The van der Waals surface area contributed by atoms with Crippen LogP contribution in [0.3, 0.4) is 0 Å². The van der Waals surface area contributed by atoms with Crippen molar-refractivity contribution in [2.75, 3.05) is 63.8 Å². The Bertz CT molecular complexity index is 2290. The summed E-state index contributed by atoms with van der Waals surface area (Å²) in [5, 5.41) is 17.8. The molecule has 0 bridgehead atoms. The molecule has 0 radical (unpaired) electrons. The van der Waals surface area contributed by atoms with Gasteiger partial charge in [-0.25, -0.2) is 9.97 Å². The number of benzene rings is 2. The third-order valence-electron chi connectivity index (χ3n) is 12.6. The fourth-order valence-corrected chi connectivity index (χ4v) is 9.84. The van der Waals surface area contributed by atoms with E-state index in [1.54, 1.807) is 11.3 Å². The van der Waals surface area contributed by atoms with Gasteiger partial charge in [0, 0.05) is 81.3 Å². The first-order valence-electron chi connectivity index (χ1n) is 21.7. The van der Waals surface area contributed by atoms with Crippen molar-refractivity contribution < 1.29 is 19.5 Å². The number of aromatic nitrogens is 3. The number of hydrogen-bond donors (Lipinski definition) is 4. The zero-order valence-corrected chi connectivity index (χ0v) is 36.6. The number of piperidine rings is 1. The highest BCUT2D eigenvalue weighted by Crippen LogP contribution is 2.30. The third kappa shape index (κ3) is 10.2. The highest BCUT2D eigenvalue weighted by molar-refractivity contribution is 7.13. The molecule has 6 heterocycles. The molecule has 3 amide bonds. The standard InChI is InChI=1S/C47H59N9O4S/c1-31-42(61-30-51-31)35-7-5-32(6-8-35)25-50-45(59)40-24-39(57)28-56(40)46(60)43(47(2,3)4)52-41(58)29-53-17-14-33(15-18-53)27-54-19-21-55(22-20-54)38-11-9-34(10-12-38)37-23-36-13-16-48-44(36)49-26-37/h5-13,16,23,26,30,33,39-40,43,57H,14-15,17-22,24-25,27-29H2,1-4H3,(H,48,49)(H,50,59)(H,52,58)/t39-,40+,43-/m1/s1. The Morgan fingerprint density at radius 1 is 0.902 bits per heavy atom. The molecule has 0 unspecified atom stereocenters. The summed E-state index contributed by atoms with van der Waals surface area (Å²) >= 11 is 1.59. The van der Waals surface area contributed by atoms with Crippen molar-refractivity contribution in [1.82, 2.24) is 40.3 Å². The van der Waals surface area contributed by atoms with E-state index in [1.165, 1.54) is 16.2 Å². The van der Waals surface area contributed by atoms with E-state index in [4.69, 9.17) is 0 Å². The van der Waals surface area contributed by atoms with Gasteiger partial charge in [-0.05, 0) is 85.1 Å². The number of likely N-dealkylation sites (tertiary alicyclic amines) is 2. The van der Waals surface area contributed by atoms with Crippen molar-refractivity contribution in [3.05, 3.63) is 89.8 Å². The Morgan fingerprint density at radius 2 is 1.62 bits per heavy atom. The zero-order valence-electron chi connectivity index (χ0n) is 35.8. The summed E-state index contributed by atoms with van der Waals surface area (Å²) in [5.74, 6) is -0.286. The Hall–Kier alpha value is -5.15. The van der Waals surface area contributed by atoms with Crippen LogP contribution in [0, 0.1) is 18.3 Å². The molecule has 13 nitrogen and oxygen atoms in total. The Kier molecular flexibility index (Phi) is 12.9. The molecular weight excluding hydrogens is 787 g/mol. The van der Waals surface area contributed by atoms with Crippen LogP contribution in [0.4, 0.5) is 5.69 Å². The number of hydrogen-bond acceptors (Lipinski definition) is 10. The van der Waals surface area contributed by atoms with Gasteiger partial charge in [0.05, 0.1) is 28.7 Å². The van der Waals surface area contributed by atoms with Crippen molar-refractivity contribution >= 4 is 45.8 Å². The number of aromatic amines is 1. The molecule has 14 heteroatoms. The number of carbonyl (C=O) groups excluding carboxylic acids is 3. The Morgan fingerprint density at radius 3 is 2.31 bits per heavy atom. The molecule has 61 heavy (non-hydrogen) atoms. The summed E-state index contributed by atoms with van der Waals surface area (Å²) < 4.78 is 0. The number of fused-ring (bicyclic) bond motifs is 1. The van der Waals surface area contributed by atoms with Crippen LogP contribution in [0.25, 0.3) is 32.6 Å². The van der Waals surface area contributed by atoms with E-state index < -0.39 is 23.6 Å². The highest BCUT2D eigenvalue weighted by atomic mass is 32.1. The number of pyridine rings is 1. The lowest BCUT2D eigenvalue weighted by Crippen LogP contribution is -2.59. The first-order chi connectivity index (χ1) is 29.4. The van der Waals surface area contributed by atoms with Crippen LogP contribution in [-0.4, -0.2) is 130 Å². The van der Waals surface area contributed by atoms with Gasteiger partial charge in [-0.15, -0.1) is 11.3 Å². The summed E-state index contributed by atoms with van der Waals surface area (Å²) in [6, 6.07) is 19.4. The number of aliphatic hydroxyl groups excluding tert-OH is 1. The number of piperazine rings is 1. The average Bonchev–Trinajstić information content (AvgIpc) is 4.02. The van der Waals surface area contributed by atoms with Gasteiger partial charge in [-0.3, -0.25) is 24.2 Å². The average molecular weight is 846 g/mol. The fraction of sp³-hybridized carbons (Fsp3) is 0.468. The molecule has 4 N–H and O–H groups in total. The Balaban J connectivity index is 0.774. The van der Waals surface area contributed by atoms with Crippen LogP contribution in [0.1, 0.15) is 51.3 Å². The van der Waals surface area contributed by atoms with Crippen molar-refractivity contribution in [1.29, 1.82) is 0 Å². The minimum Gasteiger partial charge on any atom is -0.391 e. The van der Waals surface area contributed by atoms with Gasteiger partial charge in [0.25, 0.3) is 0 Å². The number of nitrogens with one attached hydrogen (secondary N) is 3. The third-order valence-corrected chi connectivity index (χ3v) is 13.6. The lowest BCUT2D eigenvalue weighted by molar-refractivity contribution is -0.144. The van der Waals surface area contributed by atoms with Crippen molar-refractivity contribution in [2.24, 2.45) is 11.3 Å². The monoisotopic (exact) mass is 845 g/mol. The van der Waals surface area contributed by atoms with Crippen LogP contribution < -0.4 is 15.5 Å². The molecule has 0 saturated carbocycles. The number of rotatable bonds is 12. The lowest BCUT2D eigenvalue weighted by Gasteiger charge is -2.40. The number of carbonyl (C=O) groups is 3. The quantitative estimate of drug-likeness (QED) is 0.131. The van der Waals surface area contributed by atoms with E-state index in [-0.39, 0.29) is 37.2 Å². The molecule has 322 valence electrons. The largest absolute Gasteiger partial charge is 0.391 e. The van der Waals surface area contributed by atoms with Crippen molar-refractivity contribution in [3.63, 3.8) is 0 Å². The van der Waals surface area contributed by atoms with Gasteiger partial charge in [-0.2, -0.15) is 0 Å². The molecule has 3 aromatic heterocycles. The second-order valence-corrected chi connectivity index (χ2v) is 19.0. The predicted molar refractivity (Wildman–Crippen MR) is 241 cm³/mol. The van der Waals surface area contributed by atoms with Crippen LogP contribution >= 0.6 is 11.3 Å². The van der Waals surface area contributed by atoms with E-state index in [9.17, 15) is 19.5 Å². The molecule has 3 saturated heterocycles. The first kappa shape index (κ1) is 42.5. The molecule has 3 atom stereocenters. The normalized spacial score (nSPS) is 20.0. The Labute approximate surface area is 362 Å². The molecule has 0 aliphatic carbocycles. The molecule has 8 rings (SSSR count). The number of H-pyrrole nitrogens is 1. The maximum absolute atomic E-state index is 14.2. The minimum atomic E-state index is -0.852. The molecule has 5 aromatic rings. The van der Waals surface area contributed by atoms with Crippen LogP contribution in [-0.2, 0) is 20.9 Å². The van der Waals surface area contributed by atoms with E-state index in [1.807, 2.05) is 75.9 Å². The van der Waals surface area contributed by atoms with E-state index >= 15 is 0 Å². The van der Waals surface area contributed by atoms with Gasteiger partial charge in [0.2, 0.25) is 17.7 Å². The lowest BCUT2D eigenvalue weighted by atomic mass is 9.85. The maximum Gasteiger partial charge on any atom is 0.246 e. The predicted octanol–water partition coefficient (Wildman–Crippen LogP) is 5.30.